The van der Waals surface area contributed by atoms with Crippen molar-refractivity contribution in [3.63, 3.8) is 0 Å². The molecule has 0 fully saturated rings. The van der Waals surface area contributed by atoms with Crippen LogP contribution in [0.1, 0.15) is 22.8 Å². The lowest BCUT2D eigenvalue weighted by molar-refractivity contribution is 0.653. The highest BCUT2D eigenvalue weighted by molar-refractivity contribution is 6.13. The lowest BCUT2D eigenvalue weighted by Gasteiger charge is -2.18. The van der Waals surface area contributed by atoms with Crippen LogP contribution in [-0.4, -0.2) is 49.8 Å². The van der Waals surface area contributed by atoms with Crippen molar-refractivity contribution in [2.45, 2.75) is 27.7 Å². The minimum absolute atomic E-state index is 0.616. The van der Waals surface area contributed by atoms with Gasteiger partial charge in [-0.2, -0.15) is 0 Å². The molecule has 14 nitrogen and oxygen atoms in total. The number of nitrogens with zero attached hydrogens (tertiary/aromatic N) is 10. The molecule has 27 rings (SSSR count). The quantitative estimate of drug-likeness (QED) is 0.0791. The number of benzene rings is 13. The number of aromatic nitrogens is 10. The van der Waals surface area contributed by atoms with E-state index in [4.69, 9.17) is 67.5 Å². The number of hydrogen-bond acceptors (Lipinski definition) is 14. The molecule has 0 atom stereocenters. The first-order valence-corrected chi connectivity index (χ1v) is 48.9. The Labute approximate surface area is 839 Å². The molecule has 0 saturated heterocycles. The van der Waals surface area contributed by atoms with Crippen molar-refractivity contribution < 1.29 is 17.7 Å². The smallest absolute Gasteiger partial charge is 0.227 e. The Morgan fingerprint density at radius 2 is 0.308 bits per heavy atom. The third kappa shape index (κ3) is 15.3. The standard InChI is InChI=1S/C132H84N10O4/c1-77-41-55-111-107-33-17-37-115(125(107)143-129(111)139-77)121-61-51-85(73-135-121)97-23-7-13-29-103(97)91-65-89(66-92(69-91)104-30-14-8-24-98(104)86-52-62-122(136-74-86)116-38-18-34-108-112-56-42-78(2)140-130(112)144-126(108)116)101-27-11-5-21-95(101)83-49-59-119(133-71-83)81-45-47-82(48-46-81)120-60-50-84(72-134-120)96-22-6-12-28-102(96)90-67-93(105-31-15-9-25-99(105)87-53-63-123(137-75-87)117-39-19-35-109-113-57-43-79(3)141-131(113)145-127(109)117)70-94(68-90)106-32-16-10-26-100(106)88-54-64-124(138-76-88)118-40-20-36-110-114-58-44-80(4)142-132(114)146-128(110)118/h5-76H,1-4H3. The maximum atomic E-state index is 6.48. The molecule has 686 valence electrons. The summed E-state index contributed by atoms with van der Waals surface area (Å²) in [6.07, 6.45) is 11.9. The fourth-order valence-corrected chi connectivity index (χ4v) is 21.1. The third-order valence-electron chi connectivity index (χ3n) is 28.3. The van der Waals surface area contributed by atoms with Gasteiger partial charge in [0.2, 0.25) is 22.9 Å². The molecular formula is C132H84N10O4. The second kappa shape index (κ2) is 35.4. The molecule has 14 aromatic heterocycles. The average molecular weight is 1870 g/mol. The molecule has 14 heterocycles. The molecular weight excluding hydrogens is 1790 g/mol. The number of furan rings is 4. The number of aryl methyl sites for hydroxylation is 4. The molecule has 0 bridgehead atoms. The van der Waals surface area contributed by atoms with E-state index in [9.17, 15) is 0 Å². The van der Waals surface area contributed by atoms with E-state index in [1.807, 2.05) is 89.1 Å². The monoisotopic (exact) mass is 1870 g/mol. The summed E-state index contributed by atoms with van der Waals surface area (Å²) in [5, 5.41) is 7.92. The van der Waals surface area contributed by atoms with E-state index in [0.29, 0.717) is 22.9 Å². The van der Waals surface area contributed by atoms with E-state index in [0.717, 1.165) is 289 Å². The van der Waals surface area contributed by atoms with Gasteiger partial charge >= 0.3 is 0 Å². The van der Waals surface area contributed by atoms with Crippen LogP contribution in [0.4, 0.5) is 0 Å². The van der Waals surface area contributed by atoms with E-state index in [2.05, 4.69) is 376 Å². The largest absolute Gasteiger partial charge is 0.437 e. The molecule has 0 spiro atoms. The van der Waals surface area contributed by atoms with E-state index >= 15 is 0 Å². The summed E-state index contributed by atoms with van der Waals surface area (Å²) in [6.45, 7) is 7.92. The molecule has 146 heavy (non-hydrogen) atoms. The summed E-state index contributed by atoms with van der Waals surface area (Å²) in [5.41, 5.74) is 44.2. The van der Waals surface area contributed by atoms with Crippen molar-refractivity contribution >= 4 is 88.3 Å². The van der Waals surface area contributed by atoms with Crippen molar-refractivity contribution in [2.24, 2.45) is 0 Å². The SMILES string of the molecule is Cc1ccc2c(n1)oc1c(-c3ccc(-c4ccccc4-c4cc(-c5ccccc5-c5ccc(-c6ccc(-c7ccc(-c8ccccc8-c8cc(-c9ccccc9-c9ccc(-c%10cccc%11c%10oc%10nc(C)ccc%10%11)nc9)cc(-c9ccccc9-c9ccc(-c%10cccc%11c%10oc%10nc(C)ccc%10%11)nc9)c8)cn7)cc6)nc5)cc(-c5ccccc5-c5ccc(-c6cccc7c6oc6nc(C)ccc67)nc5)c4)cn3)cccc12. The molecule has 0 aliphatic carbocycles. The molecule has 0 aliphatic rings. The minimum atomic E-state index is 0.616. The summed E-state index contributed by atoms with van der Waals surface area (Å²) in [7, 11) is 0. The third-order valence-corrected chi connectivity index (χ3v) is 28.3. The predicted molar refractivity (Wildman–Crippen MR) is 590 cm³/mol. The van der Waals surface area contributed by atoms with Crippen LogP contribution in [-0.2, 0) is 0 Å². The Morgan fingerprint density at radius 1 is 0.137 bits per heavy atom. The Kier molecular flexibility index (Phi) is 20.8. The van der Waals surface area contributed by atoms with Crippen LogP contribution in [0.5, 0.6) is 0 Å². The molecule has 0 aliphatic heterocycles. The Bertz CT molecular complexity index is 8880. The van der Waals surface area contributed by atoms with Crippen LogP contribution in [0, 0.1) is 27.7 Å². The molecule has 13 aromatic carbocycles. The highest BCUT2D eigenvalue weighted by Crippen LogP contribution is 2.49. The van der Waals surface area contributed by atoms with Gasteiger partial charge in [0.05, 0.1) is 34.2 Å². The lowest BCUT2D eigenvalue weighted by Crippen LogP contribution is -1.93. The predicted octanol–water partition coefficient (Wildman–Crippen LogP) is 34.5. The zero-order chi connectivity index (χ0) is 97.1. The molecule has 0 amide bonds. The number of pyridine rings is 10. The van der Waals surface area contributed by atoms with Crippen molar-refractivity contribution in [1.29, 1.82) is 0 Å². The van der Waals surface area contributed by atoms with Gasteiger partial charge in [0.15, 0.2) is 0 Å². The fraction of sp³-hybridized carbons (Fsp3) is 0.0303. The minimum Gasteiger partial charge on any atom is -0.437 e. The second-order valence-corrected chi connectivity index (χ2v) is 37.4. The molecule has 0 saturated carbocycles. The van der Waals surface area contributed by atoms with E-state index in [1.165, 1.54) is 0 Å². The average Bonchev–Trinajstić information content (AvgIpc) is 1.77. The summed E-state index contributed by atoms with van der Waals surface area (Å²) >= 11 is 0. The van der Waals surface area contributed by atoms with Gasteiger partial charge in [0.25, 0.3) is 0 Å². The van der Waals surface area contributed by atoms with E-state index in [1.54, 1.807) is 0 Å². The summed E-state index contributed by atoms with van der Waals surface area (Å²) in [4.78, 5) is 50.1. The van der Waals surface area contributed by atoms with Crippen molar-refractivity contribution in [1.82, 2.24) is 49.8 Å². The Balaban J connectivity index is 0.503. The zero-order valence-corrected chi connectivity index (χ0v) is 79.7. The van der Waals surface area contributed by atoms with Crippen LogP contribution in [0.15, 0.2) is 455 Å². The summed E-state index contributed by atoms with van der Waals surface area (Å²) in [5.74, 6) is 0. The Morgan fingerprint density at radius 3 is 0.493 bits per heavy atom. The summed E-state index contributed by atoms with van der Waals surface area (Å²) in [6, 6.07) is 141. The maximum absolute atomic E-state index is 6.48. The van der Waals surface area contributed by atoms with Gasteiger partial charge in [0.1, 0.15) is 22.3 Å². The maximum Gasteiger partial charge on any atom is 0.227 e. The Hall–Kier alpha value is -19.4. The van der Waals surface area contributed by atoms with Gasteiger partial charge in [-0.05, 0) is 273 Å². The van der Waals surface area contributed by atoms with Gasteiger partial charge in [-0.25, -0.2) is 19.9 Å². The normalized spacial score (nSPS) is 11.7. The van der Waals surface area contributed by atoms with Crippen molar-refractivity contribution in [2.75, 3.05) is 0 Å². The topological polar surface area (TPSA) is 181 Å². The highest BCUT2D eigenvalue weighted by atomic mass is 16.4. The van der Waals surface area contributed by atoms with Crippen molar-refractivity contribution in [3.05, 3.63) is 460 Å². The van der Waals surface area contributed by atoms with Gasteiger partial charge in [0, 0.05) is 170 Å². The lowest BCUT2D eigenvalue weighted by atomic mass is 9.86. The number of para-hydroxylation sites is 4. The molecule has 0 unspecified atom stereocenters. The second-order valence-electron chi connectivity index (χ2n) is 37.4. The van der Waals surface area contributed by atoms with Crippen molar-refractivity contribution in [3.8, 4) is 201 Å². The van der Waals surface area contributed by atoms with Gasteiger partial charge in [-0.3, -0.25) is 29.9 Å². The fourth-order valence-electron chi connectivity index (χ4n) is 21.1. The number of rotatable bonds is 18. The first kappa shape index (κ1) is 85.7. The van der Waals surface area contributed by atoms with Gasteiger partial charge < -0.3 is 17.7 Å². The first-order valence-electron chi connectivity index (χ1n) is 48.9. The molecule has 14 heteroatoms. The highest BCUT2D eigenvalue weighted by Gasteiger charge is 2.26. The zero-order valence-electron chi connectivity index (χ0n) is 79.7. The van der Waals surface area contributed by atoms with Crippen LogP contribution >= 0.6 is 0 Å². The number of fused-ring (bicyclic) bond motifs is 12. The van der Waals surface area contributed by atoms with Crippen LogP contribution < -0.4 is 0 Å². The van der Waals surface area contributed by atoms with E-state index in [-0.39, 0.29) is 0 Å². The van der Waals surface area contributed by atoms with Crippen LogP contribution in [0.2, 0.25) is 0 Å². The number of hydrogen-bond donors (Lipinski definition) is 0. The van der Waals surface area contributed by atoms with Gasteiger partial charge in [-0.1, -0.05) is 255 Å². The summed E-state index contributed by atoms with van der Waals surface area (Å²) < 4.78 is 25.9. The van der Waals surface area contributed by atoms with Gasteiger partial charge in [-0.15, -0.1) is 0 Å². The van der Waals surface area contributed by atoms with Crippen LogP contribution in [0.25, 0.3) is 289 Å². The van der Waals surface area contributed by atoms with Crippen LogP contribution in [0.3, 0.4) is 0 Å². The molecule has 27 aromatic rings. The molecule has 0 N–H and O–H groups in total. The molecule has 0 radical (unpaired) electrons. The first-order chi connectivity index (χ1) is 71.9. The van der Waals surface area contributed by atoms with E-state index < -0.39 is 0 Å².